The number of esters is 2. The van der Waals surface area contributed by atoms with Gasteiger partial charge < -0.3 is 9.47 Å². The zero-order valence-electron chi connectivity index (χ0n) is 14.6. The number of carbonyl (C=O) groups is 2. The van der Waals surface area contributed by atoms with Gasteiger partial charge in [-0.1, -0.05) is 35.9 Å². The number of carbonyl (C=O) groups excluding carboxylic acids is 2. The Balaban J connectivity index is 1.70. The van der Waals surface area contributed by atoms with Crippen molar-refractivity contribution in [1.82, 2.24) is 0 Å². The van der Waals surface area contributed by atoms with Crippen LogP contribution in [0.3, 0.4) is 0 Å². The molecule has 0 aliphatic rings. The molecule has 0 atom stereocenters. The van der Waals surface area contributed by atoms with E-state index in [1.807, 2.05) is 25.1 Å². The van der Waals surface area contributed by atoms with Gasteiger partial charge in [-0.25, -0.2) is 9.59 Å². The summed E-state index contributed by atoms with van der Waals surface area (Å²) >= 11 is 0. The fraction of sp³-hybridized carbons (Fsp3) is 0.0909. The molecule has 26 heavy (non-hydrogen) atoms. The minimum absolute atomic E-state index is 0.395. The molecule has 0 radical (unpaired) electrons. The van der Waals surface area contributed by atoms with Gasteiger partial charge in [-0.3, -0.25) is 0 Å². The van der Waals surface area contributed by atoms with Crippen molar-refractivity contribution in [2.24, 2.45) is 0 Å². The van der Waals surface area contributed by atoms with Gasteiger partial charge in [0.15, 0.2) is 0 Å². The molecule has 0 fully saturated rings. The van der Waals surface area contributed by atoms with E-state index < -0.39 is 11.9 Å². The average Bonchev–Trinajstić information content (AvgIpc) is 2.65. The molecule has 0 spiro atoms. The van der Waals surface area contributed by atoms with Gasteiger partial charge in [-0.2, -0.15) is 0 Å². The molecule has 3 rings (SSSR count). The SMILES string of the molecule is Cc1ccc(C(=O)Oc2ccc(OC(=O)c3ccccc3)cc2C)cc1. The number of ether oxygens (including phenoxy) is 2. The molecule has 0 aliphatic carbocycles. The van der Waals surface area contributed by atoms with E-state index in [-0.39, 0.29) is 0 Å². The highest BCUT2D eigenvalue weighted by Crippen LogP contribution is 2.25. The average molecular weight is 346 g/mol. The first-order valence-electron chi connectivity index (χ1n) is 8.19. The lowest BCUT2D eigenvalue weighted by atomic mass is 10.1. The largest absolute Gasteiger partial charge is 0.423 e. The maximum Gasteiger partial charge on any atom is 0.343 e. The van der Waals surface area contributed by atoms with Crippen LogP contribution < -0.4 is 9.47 Å². The Morgan fingerprint density at radius 1 is 0.692 bits per heavy atom. The van der Waals surface area contributed by atoms with Gasteiger partial charge in [0.2, 0.25) is 0 Å². The van der Waals surface area contributed by atoms with Crippen molar-refractivity contribution >= 4 is 11.9 Å². The molecule has 0 bridgehead atoms. The number of rotatable bonds is 4. The zero-order chi connectivity index (χ0) is 18.5. The van der Waals surface area contributed by atoms with E-state index in [2.05, 4.69) is 0 Å². The molecular formula is C22H18O4. The third-order valence-corrected chi connectivity index (χ3v) is 3.86. The normalized spacial score (nSPS) is 10.2. The fourth-order valence-electron chi connectivity index (χ4n) is 2.39. The summed E-state index contributed by atoms with van der Waals surface area (Å²) in [4.78, 5) is 24.3. The Bertz CT molecular complexity index is 928. The summed E-state index contributed by atoms with van der Waals surface area (Å²) in [6.45, 7) is 3.74. The Morgan fingerprint density at radius 2 is 1.31 bits per heavy atom. The lowest BCUT2D eigenvalue weighted by molar-refractivity contribution is 0.0718. The lowest BCUT2D eigenvalue weighted by Gasteiger charge is -2.10. The van der Waals surface area contributed by atoms with Crippen molar-refractivity contribution in [2.45, 2.75) is 13.8 Å². The summed E-state index contributed by atoms with van der Waals surface area (Å²) in [5.74, 6) is -0.0434. The molecule has 0 amide bonds. The molecule has 0 saturated carbocycles. The molecule has 3 aromatic carbocycles. The monoisotopic (exact) mass is 346 g/mol. The minimum Gasteiger partial charge on any atom is -0.423 e. The highest BCUT2D eigenvalue weighted by Gasteiger charge is 2.12. The van der Waals surface area contributed by atoms with Gasteiger partial charge in [0.25, 0.3) is 0 Å². The van der Waals surface area contributed by atoms with Crippen LogP contribution in [0.5, 0.6) is 11.5 Å². The van der Waals surface area contributed by atoms with Gasteiger partial charge in [0, 0.05) is 0 Å². The highest BCUT2D eigenvalue weighted by molar-refractivity contribution is 5.92. The van der Waals surface area contributed by atoms with Crippen molar-refractivity contribution in [3.8, 4) is 11.5 Å². The van der Waals surface area contributed by atoms with E-state index in [1.54, 1.807) is 61.5 Å². The summed E-state index contributed by atoms with van der Waals surface area (Å²) in [7, 11) is 0. The second kappa shape index (κ2) is 7.66. The second-order valence-electron chi connectivity index (χ2n) is 5.94. The van der Waals surface area contributed by atoms with Gasteiger partial charge in [0.1, 0.15) is 11.5 Å². The Labute approximate surface area is 152 Å². The topological polar surface area (TPSA) is 52.6 Å². The van der Waals surface area contributed by atoms with E-state index in [9.17, 15) is 9.59 Å². The quantitative estimate of drug-likeness (QED) is 0.506. The van der Waals surface area contributed by atoms with Crippen LogP contribution in [0.15, 0.2) is 72.8 Å². The lowest BCUT2D eigenvalue weighted by Crippen LogP contribution is -2.10. The van der Waals surface area contributed by atoms with Crippen molar-refractivity contribution in [3.63, 3.8) is 0 Å². The molecule has 0 heterocycles. The van der Waals surface area contributed by atoms with Gasteiger partial charge in [0.05, 0.1) is 11.1 Å². The standard InChI is InChI=1S/C22H18O4/c1-15-8-10-18(11-9-15)22(24)26-20-13-12-19(14-16(20)2)25-21(23)17-6-4-3-5-7-17/h3-14H,1-2H3. The van der Waals surface area contributed by atoms with E-state index in [0.717, 1.165) is 5.56 Å². The highest BCUT2D eigenvalue weighted by atomic mass is 16.5. The molecule has 0 aromatic heterocycles. The van der Waals surface area contributed by atoms with E-state index >= 15 is 0 Å². The van der Waals surface area contributed by atoms with Crippen LogP contribution in [0.25, 0.3) is 0 Å². The molecule has 3 aromatic rings. The molecule has 0 saturated heterocycles. The third-order valence-electron chi connectivity index (χ3n) is 3.86. The van der Waals surface area contributed by atoms with E-state index in [1.165, 1.54) is 0 Å². The van der Waals surface area contributed by atoms with Crippen molar-refractivity contribution in [3.05, 3.63) is 95.1 Å². The van der Waals surface area contributed by atoms with Crippen LogP contribution in [0.4, 0.5) is 0 Å². The van der Waals surface area contributed by atoms with Crippen molar-refractivity contribution in [1.29, 1.82) is 0 Å². The predicted molar refractivity (Wildman–Crippen MR) is 98.7 cm³/mol. The number of hydrogen-bond acceptors (Lipinski definition) is 4. The summed E-state index contributed by atoms with van der Waals surface area (Å²) in [5, 5.41) is 0. The molecule has 0 unspecified atom stereocenters. The Kier molecular flexibility index (Phi) is 5.13. The minimum atomic E-state index is -0.436. The maximum absolute atomic E-state index is 12.2. The second-order valence-corrected chi connectivity index (χ2v) is 5.94. The molecule has 0 aliphatic heterocycles. The fourth-order valence-corrected chi connectivity index (χ4v) is 2.39. The first-order valence-corrected chi connectivity index (χ1v) is 8.19. The zero-order valence-corrected chi connectivity index (χ0v) is 14.6. The third kappa shape index (κ3) is 4.16. The smallest absolute Gasteiger partial charge is 0.343 e. The summed E-state index contributed by atoms with van der Waals surface area (Å²) in [5.41, 5.74) is 2.72. The summed E-state index contributed by atoms with van der Waals surface area (Å²) in [6.07, 6.45) is 0. The predicted octanol–water partition coefficient (Wildman–Crippen LogP) is 4.74. The van der Waals surface area contributed by atoms with E-state index in [4.69, 9.17) is 9.47 Å². The van der Waals surface area contributed by atoms with Crippen LogP contribution in [-0.4, -0.2) is 11.9 Å². The molecule has 0 N–H and O–H groups in total. The first-order chi connectivity index (χ1) is 12.5. The number of hydrogen-bond donors (Lipinski definition) is 0. The molecular weight excluding hydrogens is 328 g/mol. The van der Waals surface area contributed by atoms with Gasteiger partial charge in [-0.15, -0.1) is 0 Å². The summed E-state index contributed by atoms with van der Waals surface area (Å²) in [6, 6.07) is 20.8. The van der Waals surface area contributed by atoms with Crippen molar-refractivity contribution in [2.75, 3.05) is 0 Å². The van der Waals surface area contributed by atoms with E-state index in [0.29, 0.717) is 28.2 Å². The van der Waals surface area contributed by atoms with Crippen LogP contribution >= 0.6 is 0 Å². The van der Waals surface area contributed by atoms with Crippen LogP contribution in [0.1, 0.15) is 31.8 Å². The van der Waals surface area contributed by atoms with Crippen molar-refractivity contribution < 1.29 is 19.1 Å². The maximum atomic E-state index is 12.2. The Hall–Kier alpha value is -3.40. The van der Waals surface area contributed by atoms with Crippen LogP contribution in [-0.2, 0) is 0 Å². The Morgan fingerprint density at radius 3 is 1.96 bits per heavy atom. The molecule has 4 nitrogen and oxygen atoms in total. The van der Waals surface area contributed by atoms with Crippen LogP contribution in [0.2, 0.25) is 0 Å². The number of aryl methyl sites for hydroxylation is 2. The summed E-state index contributed by atoms with van der Waals surface area (Å²) < 4.78 is 10.8. The van der Waals surface area contributed by atoms with Crippen LogP contribution in [0, 0.1) is 13.8 Å². The molecule has 130 valence electrons. The number of benzene rings is 3. The van der Waals surface area contributed by atoms with Gasteiger partial charge in [-0.05, 0) is 61.9 Å². The molecule has 4 heteroatoms. The first kappa shape index (κ1) is 17.4. The van der Waals surface area contributed by atoms with Gasteiger partial charge >= 0.3 is 11.9 Å².